The first-order chi connectivity index (χ1) is 16.9. The minimum absolute atomic E-state index is 0.0571. The highest BCUT2D eigenvalue weighted by molar-refractivity contribution is 5.90. The molecule has 0 aromatic heterocycles. The summed E-state index contributed by atoms with van der Waals surface area (Å²) < 4.78 is 6.02. The van der Waals surface area contributed by atoms with Crippen molar-refractivity contribution in [3.8, 4) is 5.75 Å². The number of nitrogens with one attached hydrogen (secondary N) is 2. The van der Waals surface area contributed by atoms with Gasteiger partial charge in [0.2, 0.25) is 5.91 Å². The van der Waals surface area contributed by atoms with Crippen LogP contribution in [0.3, 0.4) is 0 Å². The Morgan fingerprint density at radius 1 is 0.943 bits per heavy atom. The number of aromatic hydroxyl groups is 1. The number of phenols is 1. The summed E-state index contributed by atoms with van der Waals surface area (Å²) in [5, 5.41) is 16.2. The van der Waals surface area contributed by atoms with Crippen LogP contribution in [0.2, 0.25) is 0 Å². The molecule has 0 saturated heterocycles. The van der Waals surface area contributed by atoms with E-state index >= 15 is 0 Å². The van der Waals surface area contributed by atoms with Gasteiger partial charge in [0.1, 0.15) is 17.4 Å². The van der Waals surface area contributed by atoms with Gasteiger partial charge in [0.05, 0.1) is 0 Å². The second-order valence-corrected chi connectivity index (χ2v) is 11.1. The van der Waals surface area contributed by atoms with Gasteiger partial charge in [0, 0.05) is 13.0 Å². The number of phenolic OH excluding ortho intramolecular Hbond substituents is 1. The number of hydrogen-bond donors (Lipinski definition) is 3. The van der Waals surface area contributed by atoms with Gasteiger partial charge in [0.15, 0.2) is 0 Å². The average molecular weight is 477 g/mol. The Morgan fingerprint density at radius 3 is 2.23 bits per heavy atom. The van der Waals surface area contributed by atoms with Gasteiger partial charge in [-0.3, -0.25) is 4.79 Å². The third-order valence-corrected chi connectivity index (χ3v) is 8.34. The van der Waals surface area contributed by atoms with Gasteiger partial charge in [0.25, 0.3) is 0 Å². The largest absolute Gasteiger partial charge is 0.508 e. The molecule has 0 radical (unpaired) electrons. The zero-order valence-electron chi connectivity index (χ0n) is 20.4. The fourth-order valence-electron chi connectivity index (χ4n) is 6.83. The summed E-state index contributed by atoms with van der Waals surface area (Å²) in [6.45, 7) is 2.15. The van der Waals surface area contributed by atoms with Crippen LogP contribution in [0.5, 0.6) is 5.75 Å². The maximum Gasteiger partial charge on any atom is 0.408 e. The van der Waals surface area contributed by atoms with Crippen LogP contribution in [0.1, 0.15) is 50.2 Å². The van der Waals surface area contributed by atoms with Crippen molar-refractivity contribution in [1.82, 2.24) is 10.6 Å². The molecule has 35 heavy (non-hydrogen) atoms. The number of ether oxygens (including phenoxy) is 1. The summed E-state index contributed by atoms with van der Waals surface area (Å²) in [6.07, 6.45) is 6.20. The van der Waals surface area contributed by atoms with Crippen LogP contribution < -0.4 is 10.6 Å². The lowest BCUT2D eigenvalue weighted by Gasteiger charge is -2.53. The summed E-state index contributed by atoms with van der Waals surface area (Å²) in [5.41, 5.74) is 0.464. The third-order valence-electron chi connectivity index (χ3n) is 8.34. The lowest BCUT2D eigenvalue weighted by molar-refractivity contribution is -0.127. The number of hydrogen-bond acceptors (Lipinski definition) is 4. The van der Waals surface area contributed by atoms with Crippen molar-refractivity contribution in [2.75, 3.05) is 6.54 Å². The third kappa shape index (κ3) is 5.31. The molecular formula is C29H36N2O4. The van der Waals surface area contributed by atoms with E-state index in [2.05, 4.69) is 10.6 Å². The molecule has 4 aliphatic rings. The molecule has 4 aliphatic carbocycles. The number of alkyl carbamates (subject to hydrolysis) is 1. The van der Waals surface area contributed by atoms with Gasteiger partial charge in [-0.15, -0.1) is 0 Å². The molecule has 1 unspecified atom stereocenters. The van der Waals surface area contributed by atoms with Gasteiger partial charge in [-0.2, -0.15) is 0 Å². The van der Waals surface area contributed by atoms with E-state index in [0.29, 0.717) is 30.4 Å². The summed E-state index contributed by atoms with van der Waals surface area (Å²) in [7, 11) is 0. The number of benzene rings is 2. The maximum absolute atomic E-state index is 13.4. The van der Waals surface area contributed by atoms with Gasteiger partial charge in [-0.1, -0.05) is 48.5 Å². The average Bonchev–Trinajstić information content (AvgIpc) is 2.83. The van der Waals surface area contributed by atoms with E-state index in [4.69, 9.17) is 4.74 Å². The first-order valence-corrected chi connectivity index (χ1v) is 13.0. The minimum atomic E-state index is -1.27. The molecule has 0 spiro atoms. The van der Waals surface area contributed by atoms with Crippen molar-refractivity contribution < 1.29 is 19.4 Å². The molecular weight excluding hydrogens is 440 g/mol. The molecule has 0 heterocycles. The van der Waals surface area contributed by atoms with Crippen LogP contribution >= 0.6 is 0 Å². The zero-order valence-corrected chi connectivity index (χ0v) is 20.4. The lowest BCUT2D eigenvalue weighted by Crippen LogP contribution is -2.60. The Labute approximate surface area is 207 Å². The smallest absolute Gasteiger partial charge is 0.408 e. The molecule has 4 fully saturated rings. The Bertz CT molecular complexity index is 1030. The predicted molar refractivity (Wildman–Crippen MR) is 134 cm³/mol. The molecule has 4 saturated carbocycles. The molecule has 2 aromatic rings. The second-order valence-electron chi connectivity index (χ2n) is 11.1. The predicted octanol–water partition coefficient (Wildman–Crippen LogP) is 4.60. The molecule has 4 bridgehead atoms. The van der Waals surface area contributed by atoms with Gasteiger partial charge in [-0.25, -0.2) is 4.79 Å². The van der Waals surface area contributed by atoms with Crippen molar-refractivity contribution in [3.05, 3.63) is 65.7 Å². The van der Waals surface area contributed by atoms with E-state index < -0.39 is 11.6 Å². The van der Waals surface area contributed by atoms with E-state index in [0.717, 1.165) is 43.1 Å². The summed E-state index contributed by atoms with van der Waals surface area (Å²) in [5.74, 6) is 2.29. The number of amides is 2. The van der Waals surface area contributed by atoms with Crippen molar-refractivity contribution in [2.24, 2.45) is 23.7 Å². The van der Waals surface area contributed by atoms with E-state index in [1.54, 1.807) is 25.1 Å². The Kier molecular flexibility index (Phi) is 6.72. The Hall–Kier alpha value is -3.02. The van der Waals surface area contributed by atoms with Crippen molar-refractivity contribution in [3.63, 3.8) is 0 Å². The van der Waals surface area contributed by atoms with Gasteiger partial charge >= 0.3 is 6.09 Å². The molecule has 6 heteroatoms. The van der Waals surface area contributed by atoms with Crippen molar-refractivity contribution >= 4 is 12.0 Å². The molecule has 0 aliphatic heterocycles. The summed E-state index contributed by atoms with van der Waals surface area (Å²) in [4.78, 5) is 26.5. The molecule has 1 atom stereocenters. The highest BCUT2D eigenvalue weighted by atomic mass is 16.6. The molecule has 2 amide bonds. The standard InChI is InChI=1S/C29H36N2O4/c1-29(18-22-9-5-6-10-25(22)32,27(33)30-12-11-19-7-3-2-4-8-19)31-28(34)35-26-23-14-20-13-21(16-23)17-24(26)15-20/h2-10,20-21,23-24,26,32H,11-18H2,1H3,(H,30,33)(H,31,34). The molecule has 3 N–H and O–H groups in total. The summed E-state index contributed by atoms with van der Waals surface area (Å²) in [6, 6.07) is 16.9. The van der Waals surface area contributed by atoms with Crippen molar-refractivity contribution in [2.45, 2.75) is 63.5 Å². The van der Waals surface area contributed by atoms with Gasteiger partial charge in [-0.05, 0) is 86.3 Å². The molecule has 2 aromatic carbocycles. The van der Waals surface area contributed by atoms with E-state index in [-0.39, 0.29) is 24.2 Å². The Morgan fingerprint density at radius 2 is 1.57 bits per heavy atom. The molecule has 6 rings (SSSR count). The SMILES string of the molecule is CC(Cc1ccccc1O)(NC(=O)OC1C2CC3CC(C2)CC1C3)C(=O)NCCc1ccccc1. The lowest BCUT2D eigenvalue weighted by atomic mass is 9.55. The van der Waals surface area contributed by atoms with Crippen LogP contribution in [0.25, 0.3) is 0 Å². The van der Waals surface area contributed by atoms with E-state index in [1.165, 1.54) is 6.42 Å². The number of rotatable bonds is 8. The maximum atomic E-state index is 13.4. The quantitative estimate of drug-likeness (QED) is 0.520. The topological polar surface area (TPSA) is 87.7 Å². The first kappa shape index (κ1) is 23.7. The van der Waals surface area contributed by atoms with Crippen LogP contribution in [-0.2, 0) is 22.4 Å². The molecule has 6 nitrogen and oxygen atoms in total. The normalized spacial score (nSPS) is 28.2. The number of carbonyl (C=O) groups is 2. The Balaban J connectivity index is 1.26. The van der Waals surface area contributed by atoms with E-state index in [1.807, 2.05) is 36.4 Å². The highest BCUT2D eigenvalue weighted by Gasteiger charge is 2.50. The monoisotopic (exact) mass is 476 g/mol. The van der Waals surface area contributed by atoms with Gasteiger partial charge < -0.3 is 20.5 Å². The first-order valence-electron chi connectivity index (χ1n) is 13.0. The zero-order chi connectivity index (χ0) is 24.4. The van der Waals surface area contributed by atoms with E-state index in [9.17, 15) is 14.7 Å². The fourth-order valence-corrected chi connectivity index (χ4v) is 6.83. The van der Waals surface area contributed by atoms with Crippen LogP contribution in [-0.4, -0.2) is 35.3 Å². The number of carbonyl (C=O) groups excluding carboxylic acids is 2. The second kappa shape index (κ2) is 9.92. The number of para-hydroxylation sites is 1. The van der Waals surface area contributed by atoms with Crippen LogP contribution in [0, 0.1) is 23.7 Å². The highest BCUT2D eigenvalue weighted by Crippen LogP contribution is 2.54. The fraction of sp³-hybridized carbons (Fsp3) is 0.517. The molecule has 186 valence electrons. The van der Waals surface area contributed by atoms with Crippen molar-refractivity contribution in [1.29, 1.82) is 0 Å². The summed E-state index contributed by atoms with van der Waals surface area (Å²) >= 11 is 0. The van der Waals surface area contributed by atoms with Crippen LogP contribution in [0.15, 0.2) is 54.6 Å². The van der Waals surface area contributed by atoms with Crippen LogP contribution in [0.4, 0.5) is 4.79 Å². The minimum Gasteiger partial charge on any atom is -0.508 e.